The lowest BCUT2D eigenvalue weighted by Gasteiger charge is -2.04. The second kappa shape index (κ2) is 7.44. The van der Waals surface area contributed by atoms with Crippen LogP contribution >= 0.6 is 0 Å². The van der Waals surface area contributed by atoms with Crippen molar-refractivity contribution in [2.75, 3.05) is 7.11 Å². The molecule has 0 atom stereocenters. The van der Waals surface area contributed by atoms with Crippen molar-refractivity contribution in [1.82, 2.24) is 9.78 Å². The van der Waals surface area contributed by atoms with Crippen LogP contribution in [0.4, 0.5) is 0 Å². The molecule has 0 saturated heterocycles. The summed E-state index contributed by atoms with van der Waals surface area (Å²) in [6.07, 6.45) is 2.99. The number of carbonyl (C=O) groups is 2. The number of ether oxygens (including phenoxy) is 2. The highest BCUT2D eigenvalue weighted by Crippen LogP contribution is 2.13. The van der Waals surface area contributed by atoms with E-state index in [-0.39, 0.29) is 6.61 Å². The van der Waals surface area contributed by atoms with E-state index in [2.05, 4.69) is 5.10 Å². The average Bonchev–Trinajstić information content (AvgIpc) is 3.17. The van der Waals surface area contributed by atoms with E-state index >= 15 is 0 Å². The summed E-state index contributed by atoms with van der Waals surface area (Å²) in [5.74, 6) is -0.893. The molecule has 0 fully saturated rings. The van der Waals surface area contributed by atoms with E-state index in [4.69, 9.17) is 9.47 Å². The fraction of sp³-hybridized carbons (Fsp3) is 0.105. The number of aromatic nitrogens is 2. The van der Waals surface area contributed by atoms with Crippen molar-refractivity contribution in [3.8, 4) is 5.69 Å². The number of hydrogen-bond donors (Lipinski definition) is 0. The molecule has 0 aliphatic heterocycles. The van der Waals surface area contributed by atoms with Crippen LogP contribution in [0, 0.1) is 0 Å². The third-order valence-electron chi connectivity index (χ3n) is 3.56. The highest BCUT2D eigenvalue weighted by atomic mass is 16.5. The van der Waals surface area contributed by atoms with Crippen molar-refractivity contribution in [1.29, 1.82) is 0 Å². The summed E-state index contributed by atoms with van der Waals surface area (Å²) in [6.45, 7) is 0.197. The van der Waals surface area contributed by atoms with E-state index in [1.54, 1.807) is 30.5 Å². The second-order valence-corrected chi connectivity index (χ2v) is 5.28. The first kappa shape index (κ1) is 16.4. The Kier molecular flexibility index (Phi) is 4.89. The minimum atomic E-state index is -0.459. The number of esters is 2. The second-order valence-electron chi connectivity index (χ2n) is 5.28. The van der Waals surface area contributed by atoms with E-state index < -0.39 is 11.9 Å². The Labute approximate surface area is 144 Å². The summed E-state index contributed by atoms with van der Waals surface area (Å²) >= 11 is 0. The van der Waals surface area contributed by atoms with Gasteiger partial charge in [-0.15, -0.1) is 0 Å². The van der Waals surface area contributed by atoms with Crippen LogP contribution < -0.4 is 0 Å². The molecule has 0 spiro atoms. The summed E-state index contributed by atoms with van der Waals surface area (Å²) in [5, 5.41) is 4.15. The molecule has 0 bridgehead atoms. The van der Waals surface area contributed by atoms with Gasteiger partial charge in [-0.05, 0) is 23.8 Å². The van der Waals surface area contributed by atoms with Crippen LogP contribution in [0.5, 0.6) is 0 Å². The molecular weight excluding hydrogens is 320 g/mol. The largest absolute Gasteiger partial charge is 0.465 e. The summed E-state index contributed by atoms with van der Waals surface area (Å²) in [4.78, 5) is 23.7. The van der Waals surface area contributed by atoms with Crippen molar-refractivity contribution in [3.63, 3.8) is 0 Å². The number of nitrogens with zero attached hydrogens (tertiary/aromatic N) is 2. The molecule has 6 nitrogen and oxygen atoms in total. The molecule has 0 saturated carbocycles. The van der Waals surface area contributed by atoms with Gasteiger partial charge in [-0.1, -0.05) is 36.4 Å². The molecular formula is C19H16N2O4. The predicted octanol–water partition coefficient (Wildman–Crippen LogP) is 3.02. The minimum Gasteiger partial charge on any atom is -0.465 e. The highest BCUT2D eigenvalue weighted by Gasteiger charge is 2.12. The first-order chi connectivity index (χ1) is 12.2. The van der Waals surface area contributed by atoms with Crippen LogP contribution in [0.3, 0.4) is 0 Å². The predicted molar refractivity (Wildman–Crippen MR) is 90.5 cm³/mol. The SMILES string of the molecule is COC(=O)c1cccc(-n2cc(C(=O)OCc3ccccc3)cn2)c1. The van der Waals surface area contributed by atoms with E-state index in [0.29, 0.717) is 16.8 Å². The minimum absolute atomic E-state index is 0.197. The lowest BCUT2D eigenvalue weighted by molar-refractivity contribution is 0.0472. The summed E-state index contributed by atoms with van der Waals surface area (Å²) in [6, 6.07) is 16.2. The maximum atomic E-state index is 12.1. The third kappa shape index (κ3) is 3.92. The Hall–Kier alpha value is -3.41. The van der Waals surface area contributed by atoms with Gasteiger partial charge in [0.15, 0.2) is 0 Å². The van der Waals surface area contributed by atoms with Crippen LogP contribution in [0.1, 0.15) is 26.3 Å². The van der Waals surface area contributed by atoms with Gasteiger partial charge in [-0.25, -0.2) is 14.3 Å². The van der Waals surface area contributed by atoms with E-state index in [9.17, 15) is 9.59 Å². The Morgan fingerprint density at radius 1 is 1.00 bits per heavy atom. The third-order valence-corrected chi connectivity index (χ3v) is 3.56. The van der Waals surface area contributed by atoms with Gasteiger partial charge in [0.2, 0.25) is 0 Å². The Morgan fingerprint density at radius 2 is 1.80 bits per heavy atom. The molecule has 126 valence electrons. The van der Waals surface area contributed by atoms with E-state index in [1.165, 1.54) is 18.0 Å². The quantitative estimate of drug-likeness (QED) is 0.670. The number of carbonyl (C=O) groups excluding carboxylic acids is 2. The lowest BCUT2D eigenvalue weighted by atomic mass is 10.2. The zero-order chi connectivity index (χ0) is 17.6. The van der Waals surface area contributed by atoms with Crippen LogP contribution in [0.15, 0.2) is 67.0 Å². The van der Waals surface area contributed by atoms with Gasteiger partial charge in [-0.3, -0.25) is 0 Å². The Balaban J connectivity index is 1.71. The molecule has 0 unspecified atom stereocenters. The fourth-order valence-corrected chi connectivity index (χ4v) is 2.27. The normalized spacial score (nSPS) is 10.3. The smallest absolute Gasteiger partial charge is 0.341 e. The van der Waals surface area contributed by atoms with Crippen molar-refractivity contribution < 1.29 is 19.1 Å². The van der Waals surface area contributed by atoms with Crippen molar-refractivity contribution in [3.05, 3.63) is 83.7 Å². The zero-order valence-corrected chi connectivity index (χ0v) is 13.6. The van der Waals surface area contributed by atoms with Gasteiger partial charge >= 0.3 is 11.9 Å². The molecule has 3 aromatic rings. The molecule has 0 radical (unpaired) electrons. The highest BCUT2D eigenvalue weighted by molar-refractivity contribution is 5.90. The molecule has 3 rings (SSSR count). The molecule has 0 aliphatic rings. The summed E-state index contributed by atoms with van der Waals surface area (Å²) in [7, 11) is 1.32. The molecule has 1 aromatic heterocycles. The van der Waals surface area contributed by atoms with Crippen LogP contribution in [-0.2, 0) is 16.1 Å². The zero-order valence-electron chi connectivity index (χ0n) is 13.6. The maximum Gasteiger partial charge on any atom is 0.341 e. The molecule has 25 heavy (non-hydrogen) atoms. The van der Waals surface area contributed by atoms with Crippen LogP contribution in [0.25, 0.3) is 5.69 Å². The number of hydrogen-bond acceptors (Lipinski definition) is 5. The molecule has 0 N–H and O–H groups in total. The monoisotopic (exact) mass is 336 g/mol. The first-order valence-corrected chi connectivity index (χ1v) is 7.62. The van der Waals surface area contributed by atoms with E-state index in [1.807, 2.05) is 30.3 Å². The lowest BCUT2D eigenvalue weighted by Crippen LogP contribution is -2.05. The molecule has 0 amide bonds. The van der Waals surface area contributed by atoms with Gasteiger partial charge in [0.25, 0.3) is 0 Å². The standard InChI is InChI=1S/C19H16N2O4/c1-24-18(22)15-8-5-9-17(10-15)21-12-16(11-20-21)19(23)25-13-14-6-3-2-4-7-14/h2-12H,13H2,1H3. The maximum absolute atomic E-state index is 12.1. The van der Waals surface area contributed by atoms with Crippen molar-refractivity contribution >= 4 is 11.9 Å². The molecule has 1 heterocycles. The van der Waals surface area contributed by atoms with Gasteiger partial charge < -0.3 is 9.47 Å². The average molecular weight is 336 g/mol. The molecule has 6 heteroatoms. The van der Waals surface area contributed by atoms with Gasteiger partial charge in [0, 0.05) is 6.20 Å². The number of methoxy groups -OCH3 is 1. The number of benzene rings is 2. The van der Waals surface area contributed by atoms with Crippen LogP contribution in [0.2, 0.25) is 0 Å². The van der Waals surface area contributed by atoms with Gasteiger partial charge in [-0.2, -0.15) is 5.10 Å². The topological polar surface area (TPSA) is 70.4 Å². The van der Waals surface area contributed by atoms with Crippen molar-refractivity contribution in [2.45, 2.75) is 6.61 Å². The first-order valence-electron chi connectivity index (χ1n) is 7.62. The number of rotatable bonds is 5. The molecule has 2 aromatic carbocycles. The summed E-state index contributed by atoms with van der Waals surface area (Å²) in [5.41, 5.74) is 2.29. The van der Waals surface area contributed by atoms with Gasteiger partial charge in [0.1, 0.15) is 6.61 Å². The van der Waals surface area contributed by atoms with Crippen LogP contribution in [-0.4, -0.2) is 28.8 Å². The summed E-state index contributed by atoms with van der Waals surface area (Å²) < 4.78 is 11.5. The Morgan fingerprint density at radius 3 is 2.56 bits per heavy atom. The van der Waals surface area contributed by atoms with Crippen molar-refractivity contribution in [2.24, 2.45) is 0 Å². The Bertz CT molecular complexity index is 887. The fourth-order valence-electron chi connectivity index (χ4n) is 2.27. The molecule has 0 aliphatic carbocycles. The van der Waals surface area contributed by atoms with Gasteiger partial charge in [0.05, 0.1) is 30.1 Å². The van der Waals surface area contributed by atoms with E-state index in [0.717, 1.165) is 5.56 Å².